The summed E-state index contributed by atoms with van der Waals surface area (Å²) in [4.78, 5) is 2.58. The number of hydrogen-bond acceptors (Lipinski definition) is 1. The van der Waals surface area contributed by atoms with Gasteiger partial charge in [0, 0.05) is 24.8 Å². The van der Waals surface area contributed by atoms with Crippen LogP contribution in [0.4, 0.5) is 17.1 Å². The maximum absolute atomic E-state index is 2.58. The maximum atomic E-state index is 2.58. The minimum atomic E-state index is -0.665. The van der Waals surface area contributed by atoms with Gasteiger partial charge >= 0.3 is 0 Å². The van der Waals surface area contributed by atoms with Gasteiger partial charge in [0.15, 0.2) is 0 Å². The van der Waals surface area contributed by atoms with E-state index in [1.807, 2.05) is 0 Å². The summed E-state index contributed by atoms with van der Waals surface area (Å²) >= 11 is 2.54. The second-order valence-corrected chi connectivity index (χ2v) is 15.0. The normalized spacial score (nSPS) is 17.2. The Morgan fingerprint density at radius 2 is 0.972 bits per heavy atom. The van der Waals surface area contributed by atoms with Crippen molar-refractivity contribution in [1.29, 1.82) is 0 Å². The third-order valence-corrected chi connectivity index (χ3v) is 12.6. The molecule has 5 aromatic carbocycles. The second kappa shape index (κ2) is 8.80. The lowest BCUT2D eigenvalue weighted by molar-refractivity contribution is 1.29. The fourth-order valence-electron chi connectivity index (χ4n) is 5.48. The van der Waals surface area contributed by atoms with Crippen LogP contribution in [-0.4, -0.2) is 0 Å². The van der Waals surface area contributed by atoms with Gasteiger partial charge in [-0.15, -0.1) is 0 Å². The summed E-state index contributed by atoms with van der Waals surface area (Å²) in [6.07, 6.45) is 0. The van der Waals surface area contributed by atoms with Gasteiger partial charge in [0.05, 0.1) is 17.1 Å². The van der Waals surface area contributed by atoms with Crippen molar-refractivity contribution in [1.82, 2.24) is 0 Å². The molecule has 0 spiro atoms. The first-order valence-electron chi connectivity index (χ1n) is 12.2. The summed E-state index contributed by atoms with van der Waals surface area (Å²) in [5.41, 5.74) is 6.71. The standard InChI is InChI=1S/C32H24INP2/c1-21-13-15-26-28(17-21)35(24-9-5-3-6-10-24)30-19-23(33)20-31-32(30)34(26)27-16-14-22(2)18-29(27)36(31)25-11-7-4-8-12-25/h3-20H,1-2H3. The number of nitrogens with zero attached hydrogens (tertiary/aromatic N) is 1. The van der Waals surface area contributed by atoms with Gasteiger partial charge < -0.3 is 4.90 Å². The molecule has 0 aromatic heterocycles. The Labute approximate surface area is 228 Å². The van der Waals surface area contributed by atoms with Gasteiger partial charge in [0.1, 0.15) is 0 Å². The van der Waals surface area contributed by atoms with E-state index in [0.29, 0.717) is 0 Å². The van der Waals surface area contributed by atoms with Crippen molar-refractivity contribution in [2.24, 2.45) is 0 Å². The molecule has 0 bridgehead atoms. The monoisotopic (exact) mass is 611 g/mol. The molecule has 2 aliphatic heterocycles. The van der Waals surface area contributed by atoms with Crippen molar-refractivity contribution in [2.75, 3.05) is 4.90 Å². The highest BCUT2D eigenvalue weighted by Gasteiger charge is 2.41. The average Bonchev–Trinajstić information content (AvgIpc) is 2.89. The van der Waals surface area contributed by atoms with Gasteiger partial charge in [0.25, 0.3) is 0 Å². The third kappa shape index (κ3) is 3.50. The van der Waals surface area contributed by atoms with Gasteiger partial charge in [-0.1, -0.05) is 83.9 Å². The summed E-state index contributed by atoms with van der Waals surface area (Å²) in [7, 11) is -1.33. The molecule has 0 saturated carbocycles. The van der Waals surface area contributed by atoms with Gasteiger partial charge in [-0.3, -0.25) is 0 Å². The molecule has 0 radical (unpaired) electrons. The summed E-state index contributed by atoms with van der Waals surface area (Å²) in [5.74, 6) is 0. The van der Waals surface area contributed by atoms with Crippen molar-refractivity contribution >= 4 is 87.3 Å². The predicted octanol–water partition coefficient (Wildman–Crippen LogP) is 6.52. The number of aryl methyl sites for hydroxylation is 2. The lowest BCUT2D eigenvalue weighted by Gasteiger charge is -2.45. The van der Waals surface area contributed by atoms with E-state index in [1.165, 1.54) is 63.6 Å². The van der Waals surface area contributed by atoms with Gasteiger partial charge in [-0.05, 0) is 99.3 Å². The topological polar surface area (TPSA) is 3.24 Å². The first-order valence-corrected chi connectivity index (χ1v) is 15.9. The fourth-order valence-corrected chi connectivity index (χ4v) is 12.1. The van der Waals surface area contributed by atoms with E-state index in [-0.39, 0.29) is 0 Å². The minimum absolute atomic E-state index is 0.665. The van der Waals surface area contributed by atoms with Crippen molar-refractivity contribution in [3.05, 3.63) is 124 Å². The van der Waals surface area contributed by atoms with E-state index in [9.17, 15) is 0 Å². The Balaban J connectivity index is 1.61. The van der Waals surface area contributed by atoms with E-state index in [0.717, 1.165) is 0 Å². The molecule has 1 nitrogen and oxygen atoms in total. The number of halogens is 1. The largest absolute Gasteiger partial charge is 0.308 e. The molecule has 2 heterocycles. The number of fused-ring (bicyclic) bond motifs is 4. The smallest absolute Gasteiger partial charge is 0.0629 e. The lowest BCUT2D eigenvalue weighted by atomic mass is 10.1. The first-order chi connectivity index (χ1) is 17.6. The van der Waals surface area contributed by atoms with E-state index < -0.39 is 15.8 Å². The van der Waals surface area contributed by atoms with Gasteiger partial charge in [0.2, 0.25) is 0 Å². The van der Waals surface area contributed by atoms with E-state index in [4.69, 9.17) is 0 Å². The zero-order chi connectivity index (χ0) is 24.4. The van der Waals surface area contributed by atoms with Crippen LogP contribution in [0.15, 0.2) is 109 Å². The van der Waals surface area contributed by atoms with Gasteiger partial charge in [-0.2, -0.15) is 0 Å². The average molecular weight is 611 g/mol. The SMILES string of the molecule is Cc1ccc2c(c1)P(c1ccccc1)c1cc(I)cc3c1N2c1ccc(C)cc1P3c1ccccc1. The van der Waals surface area contributed by atoms with Crippen LogP contribution >= 0.6 is 38.4 Å². The van der Waals surface area contributed by atoms with Crippen LogP contribution < -0.4 is 36.7 Å². The highest BCUT2D eigenvalue weighted by Crippen LogP contribution is 2.55. The molecule has 0 saturated heterocycles. The van der Waals surface area contributed by atoms with Crippen LogP contribution in [0.3, 0.4) is 0 Å². The summed E-state index contributed by atoms with van der Waals surface area (Å²) in [6.45, 7) is 4.44. The predicted molar refractivity (Wildman–Crippen MR) is 168 cm³/mol. The molecule has 36 heavy (non-hydrogen) atoms. The van der Waals surface area contributed by atoms with Crippen LogP contribution in [-0.2, 0) is 0 Å². The summed E-state index contributed by atoms with van der Waals surface area (Å²) < 4.78 is 1.32. The molecule has 2 aliphatic rings. The number of rotatable bonds is 2. The second-order valence-electron chi connectivity index (χ2n) is 9.45. The molecule has 7 rings (SSSR count). The Hall–Kier alpha value is -2.51. The molecule has 4 heteroatoms. The molecular weight excluding hydrogens is 587 g/mol. The zero-order valence-electron chi connectivity index (χ0n) is 20.1. The lowest BCUT2D eigenvalue weighted by Crippen LogP contribution is -2.43. The van der Waals surface area contributed by atoms with Crippen molar-refractivity contribution in [3.63, 3.8) is 0 Å². The first kappa shape index (κ1) is 22.7. The van der Waals surface area contributed by atoms with Gasteiger partial charge in [-0.25, -0.2) is 0 Å². The molecule has 2 atom stereocenters. The van der Waals surface area contributed by atoms with Crippen LogP contribution in [0.25, 0.3) is 0 Å². The molecule has 174 valence electrons. The quantitative estimate of drug-likeness (QED) is 0.159. The molecule has 2 unspecified atom stereocenters. The summed E-state index contributed by atoms with van der Waals surface area (Å²) in [5, 5.41) is 8.70. The molecular formula is C32H24INP2. The Morgan fingerprint density at radius 3 is 1.42 bits per heavy atom. The maximum Gasteiger partial charge on any atom is 0.0629 e. The van der Waals surface area contributed by atoms with Crippen molar-refractivity contribution < 1.29 is 0 Å². The molecule has 0 fully saturated rings. The highest BCUT2D eigenvalue weighted by atomic mass is 127. The molecule has 0 N–H and O–H groups in total. The molecule has 5 aromatic rings. The van der Waals surface area contributed by atoms with E-state index in [1.54, 1.807) is 0 Å². The Bertz CT molecular complexity index is 1510. The number of anilines is 3. The van der Waals surface area contributed by atoms with Crippen molar-refractivity contribution in [2.45, 2.75) is 13.8 Å². The van der Waals surface area contributed by atoms with Crippen molar-refractivity contribution in [3.8, 4) is 0 Å². The van der Waals surface area contributed by atoms with E-state index in [2.05, 4.69) is 151 Å². The summed E-state index contributed by atoms with van der Waals surface area (Å²) in [6, 6.07) is 41.3. The van der Waals surface area contributed by atoms with Crippen LogP contribution in [0.2, 0.25) is 0 Å². The highest BCUT2D eigenvalue weighted by molar-refractivity contribution is 14.1. The Morgan fingerprint density at radius 1 is 0.528 bits per heavy atom. The van der Waals surface area contributed by atoms with E-state index >= 15 is 0 Å². The van der Waals surface area contributed by atoms with Crippen LogP contribution in [0, 0.1) is 17.4 Å². The Kier molecular flexibility index (Phi) is 5.54. The number of benzene rings is 5. The molecule has 0 amide bonds. The molecule has 0 aliphatic carbocycles. The zero-order valence-corrected chi connectivity index (χ0v) is 24.1. The minimum Gasteiger partial charge on any atom is -0.308 e. The fraction of sp³-hybridized carbons (Fsp3) is 0.0625. The number of hydrogen-bond donors (Lipinski definition) is 0. The third-order valence-electron chi connectivity index (χ3n) is 6.99. The van der Waals surface area contributed by atoms with Crippen LogP contribution in [0.1, 0.15) is 11.1 Å². The van der Waals surface area contributed by atoms with Crippen LogP contribution in [0.5, 0.6) is 0 Å².